The molecule has 0 N–H and O–H groups in total. The number of carbonyl (C=O) groups is 2. The van der Waals surface area contributed by atoms with E-state index in [1.807, 2.05) is 33.3 Å². The van der Waals surface area contributed by atoms with E-state index in [0.717, 1.165) is 57.8 Å². The van der Waals surface area contributed by atoms with Gasteiger partial charge in [-0.1, -0.05) is 164 Å². The summed E-state index contributed by atoms with van der Waals surface area (Å²) in [5.74, 6) is -0.936. The van der Waals surface area contributed by atoms with E-state index in [0.29, 0.717) is 17.4 Å². The third kappa shape index (κ3) is 41.1. The number of ether oxygens (including phenoxy) is 2. The summed E-state index contributed by atoms with van der Waals surface area (Å²) in [7, 11) is 1.11. The zero-order chi connectivity index (χ0) is 41.4. The maximum Gasteiger partial charge on any atom is 0.306 e. The number of hydrogen-bond acceptors (Lipinski definition) is 8. The predicted molar refractivity (Wildman–Crippen MR) is 231 cm³/mol. The van der Waals surface area contributed by atoms with Gasteiger partial charge in [-0.2, -0.15) is 0 Å². The first-order valence-electron chi connectivity index (χ1n) is 21.6. The first kappa shape index (κ1) is 53.5. The number of quaternary nitrogens is 1. The second kappa shape index (κ2) is 38.0. The molecule has 0 bridgehead atoms. The molecule has 0 radical (unpaired) electrons. The van der Waals surface area contributed by atoms with Crippen molar-refractivity contribution < 1.29 is 42.1 Å². The maximum atomic E-state index is 12.6. The van der Waals surface area contributed by atoms with Crippen LogP contribution in [0.4, 0.5) is 0 Å². The van der Waals surface area contributed by atoms with Crippen molar-refractivity contribution in [2.75, 3.05) is 47.5 Å². The van der Waals surface area contributed by atoms with E-state index in [4.69, 9.17) is 18.5 Å². The summed E-state index contributed by atoms with van der Waals surface area (Å²) in [5.41, 5.74) is 0. The lowest BCUT2D eigenvalue weighted by atomic mass is 10.0. The summed E-state index contributed by atoms with van der Waals surface area (Å²) in [6, 6.07) is 0. The van der Waals surface area contributed by atoms with E-state index in [9.17, 15) is 19.0 Å². The van der Waals surface area contributed by atoms with Crippen molar-refractivity contribution in [3.05, 3.63) is 72.9 Å². The van der Waals surface area contributed by atoms with Gasteiger partial charge in [0, 0.05) is 12.8 Å². The van der Waals surface area contributed by atoms with Gasteiger partial charge in [-0.25, -0.2) is 0 Å². The second-order valence-electron chi connectivity index (χ2n) is 15.3. The van der Waals surface area contributed by atoms with Crippen LogP contribution in [0.3, 0.4) is 0 Å². The monoisotopic (exact) mass is 806 g/mol. The average Bonchev–Trinajstić information content (AvgIpc) is 3.15. The zero-order valence-corrected chi connectivity index (χ0v) is 36.9. The number of hydrogen-bond donors (Lipinski definition) is 0. The Kier molecular flexibility index (Phi) is 36.3. The van der Waals surface area contributed by atoms with Crippen LogP contribution in [-0.2, 0) is 32.7 Å². The van der Waals surface area contributed by atoms with E-state index in [1.54, 1.807) is 0 Å². The Labute approximate surface area is 342 Å². The molecule has 56 heavy (non-hydrogen) atoms. The highest BCUT2D eigenvalue weighted by Crippen LogP contribution is 2.38. The van der Waals surface area contributed by atoms with Gasteiger partial charge < -0.3 is 27.9 Å². The highest BCUT2D eigenvalue weighted by molar-refractivity contribution is 7.45. The largest absolute Gasteiger partial charge is 0.756 e. The molecule has 0 aromatic carbocycles. The standard InChI is InChI=1S/C46H80NO8P/c1-6-8-10-12-14-16-18-20-21-22-23-24-25-27-29-31-33-35-37-39-46(49)55-44(43-54-56(50,51)53-41-40-47(3,4)5)42-52-45(48)38-36-34-32-30-28-26-19-17-15-13-11-9-7-2/h8,10,14,16,20-21,23-24,27,29,33,35,44H,6-7,9,11-13,15,17-19,22,25-26,28,30-32,34,36-43H2,1-5H3. The topological polar surface area (TPSA) is 111 Å². The van der Waals surface area contributed by atoms with Gasteiger partial charge in [-0.15, -0.1) is 0 Å². The van der Waals surface area contributed by atoms with Crippen molar-refractivity contribution >= 4 is 19.8 Å². The summed E-state index contributed by atoms with van der Waals surface area (Å²) in [5, 5.41) is 0. The third-order valence-electron chi connectivity index (χ3n) is 8.75. The number of phosphoric acid groups is 1. The highest BCUT2D eigenvalue weighted by atomic mass is 31.2. The van der Waals surface area contributed by atoms with E-state index >= 15 is 0 Å². The van der Waals surface area contributed by atoms with Gasteiger partial charge in [0.15, 0.2) is 6.10 Å². The van der Waals surface area contributed by atoms with Crippen molar-refractivity contribution in [3.63, 3.8) is 0 Å². The van der Waals surface area contributed by atoms with Crippen LogP contribution in [0.1, 0.15) is 155 Å². The predicted octanol–water partition coefficient (Wildman–Crippen LogP) is 11.6. The summed E-state index contributed by atoms with van der Waals surface area (Å²) in [4.78, 5) is 37.5. The molecule has 9 nitrogen and oxygen atoms in total. The summed E-state index contributed by atoms with van der Waals surface area (Å²) in [6.07, 6.45) is 46.6. The molecule has 0 fully saturated rings. The van der Waals surface area contributed by atoms with Crippen LogP contribution in [0.25, 0.3) is 0 Å². The van der Waals surface area contributed by atoms with Crippen LogP contribution in [0.5, 0.6) is 0 Å². The Bertz CT molecular complexity index is 1180. The van der Waals surface area contributed by atoms with Crippen LogP contribution in [0.2, 0.25) is 0 Å². The van der Waals surface area contributed by atoms with Gasteiger partial charge >= 0.3 is 11.9 Å². The molecule has 0 heterocycles. The molecular formula is C46H80NO8P. The highest BCUT2D eigenvalue weighted by Gasteiger charge is 2.21. The molecule has 2 unspecified atom stereocenters. The molecule has 0 amide bonds. The number of rotatable bonds is 38. The normalized spacial score (nSPS) is 14.3. The Morgan fingerprint density at radius 1 is 0.571 bits per heavy atom. The first-order valence-corrected chi connectivity index (χ1v) is 23.1. The van der Waals surface area contributed by atoms with Crippen molar-refractivity contribution in [1.82, 2.24) is 0 Å². The van der Waals surface area contributed by atoms with Crippen molar-refractivity contribution in [1.29, 1.82) is 0 Å². The van der Waals surface area contributed by atoms with Crippen LogP contribution < -0.4 is 4.89 Å². The number of allylic oxidation sites excluding steroid dienone is 12. The van der Waals surface area contributed by atoms with E-state index in [2.05, 4.69) is 74.6 Å². The van der Waals surface area contributed by atoms with Crippen LogP contribution >= 0.6 is 7.82 Å². The van der Waals surface area contributed by atoms with Crippen molar-refractivity contribution in [2.24, 2.45) is 0 Å². The number of carbonyl (C=O) groups excluding carboxylic acids is 2. The molecule has 322 valence electrons. The zero-order valence-electron chi connectivity index (χ0n) is 36.1. The van der Waals surface area contributed by atoms with Gasteiger partial charge in [-0.3, -0.25) is 14.2 Å². The minimum atomic E-state index is -4.65. The molecule has 0 spiro atoms. The lowest BCUT2D eigenvalue weighted by Crippen LogP contribution is -2.37. The first-order chi connectivity index (χ1) is 27.0. The SMILES string of the molecule is CCC=CCC=CCC=CCC=CCC=CCC=CCCC(=O)OC(COC(=O)CCCCCCCCCCCCCCC)COP(=O)([O-])OCC[N+](C)(C)C. The van der Waals surface area contributed by atoms with Crippen LogP contribution in [0, 0.1) is 0 Å². The van der Waals surface area contributed by atoms with Crippen molar-refractivity contribution in [3.8, 4) is 0 Å². The van der Waals surface area contributed by atoms with E-state index in [-0.39, 0.29) is 26.1 Å². The van der Waals surface area contributed by atoms with Gasteiger partial charge in [0.2, 0.25) is 0 Å². The number of nitrogens with zero attached hydrogens (tertiary/aromatic N) is 1. The Morgan fingerprint density at radius 2 is 1.02 bits per heavy atom. The molecule has 0 saturated heterocycles. The Hall–Kier alpha value is -2.55. The fourth-order valence-electron chi connectivity index (χ4n) is 5.39. The smallest absolute Gasteiger partial charge is 0.306 e. The van der Waals surface area contributed by atoms with Crippen molar-refractivity contribution in [2.45, 2.75) is 161 Å². The Morgan fingerprint density at radius 3 is 1.48 bits per heavy atom. The molecule has 0 aromatic rings. The molecule has 0 aliphatic rings. The molecule has 0 aromatic heterocycles. The fraction of sp³-hybridized carbons (Fsp3) is 0.696. The van der Waals surface area contributed by atoms with Crippen LogP contribution in [-0.4, -0.2) is 70.0 Å². The summed E-state index contributed by atoms with van der Waals surface area (Å²) in [6.45, 7) is 4.01. The lowest BCUT2D eigenvalue weighted by molar-refractivity contribution is -0.870. The number of unbranched alkanes of at least 4 members (excludes halogenated alkanes) is 12. The maximum absolute atomic E-state index is 12.6. The number of esters is 2. The van der Waals surface area contributed by atoms with Gasteiger partial charge in [-0.05, 0) is 51.4 Å². The minimum absolute atomic E-state index is 0.0468. The number of likely N-dealkylation sites (N-methyl/N-ethyl adjacent to an activating group) is 1. The van der Waals surface area contributed by atoms with E-state index < -0.39 is 32.5 Å². The molecule has 0 aliphatic heterocycles. The van der Waals surface area contributed by atoms with E-state index in [1.165, 1.54) is 64.2 Å². The number of phosphoric ester groups is 1. The lowest BCUT2D eigenvalue weighted by Gasteiger charge is -2.28. The molecule has 0 saturated carbocycles. The molecule has 0 aliphatic carbocycles. The van der Waals surface area contributed by atoms with Crippen LogP contribution in [0.15, 0.2) is 72.9 Å². The molecule has 2 atom stereocenters. The molecular weight excluding hydrogens is 725 g/mol. The average molecular weight is 806 g/mol. The van der Waals surface area contributed by atoms with Gasteiger partial charge in [0.25, 0.3) is 7.82 Å². The Balaban J connectivity index is 4.51. The fourth-order valence-corrected chi connectivity index (χ4v) is 6.11. The molecule has 10 heteroatoms. The molecule has 0 rings (SSSR count). The van der Waals surface area contributed by atoms with Gasteiger partial charge in [0.05, 0.1) is 27.7 Å². The third-order valence-corrected chi connectivity index (χ3v) is 9.72. The summed E-state index contributed by atoms with van der Waals surface area (Å²) >= 11 is 0. The van der Waals surface area contributed by atoms with Gasteiger partial charge in [0.1, 0.15) is 19.8 Å². The quantitative estimate of drug-likeness (QED) is 0.0199. The minimum Gasteiger partial charge on any atom is -0.756 e. The second-order valence-corrected chi connectivity index (χ2v) is 16.7. The summed E-state index contributed by atoms with van der Waals surface area (Å²) < 4.78 is 33.8.